The van der Waals surface area contributed by atoms with Crippen molar-refractivity contribution in [1.82, 2.24) is 10.3 Å². The maximum absolute atomic E-state index is 6.01. The van der Waals surface area contributed by atoms with Gasteiger partial charge in [0.2, 0.25) is 0 Å². The number of ether oxygens (including phenoxy) is 1. The fraction of sp³-hybridized carbons (Fsp3) is 0.500. The Balaban J connectivity index is 1.68. The van der Waals surface area contributed by atoms with Crippen LogP contribution in [-0.2, 0) is 11.3 Å². The molecule has 4 heteroatoms. The van der Waals surface area contributed by atoms with E-state index in [0.717, 1.165) is 36.5 Å². The molecule has 1 saturated heterocycles. The molecule has 3 rings (SSSR count). The first-order chi connectivity index (χ1) is 9.53. The topological polar surface area (TPSA) is 37.0 Å². The van der Waals surface area contributed by atoms with Gasteiger partial charge in [-0.3, -0.25) is 0 Å². The maximum Gasteiger partial charge on any atom is 0.0641 e. The highest BCUT2D eigenvalue weighted by Crippen LogP contribution is 2.25. The molecule has 0 spiro atoms. The molecule has 0 amide bonds. The van der Waals surface area contributed by atoms with Crippen molar-refractivity contribution in [2.75, 3.05) is 6.61 Å². The summed E-state index contributed by atoms with van der Waals surface area (Å²) in [7, 11) is 0. The maximum atomic E-state index is 6.01. The average Bonchev–Trinajstić information content (AvgIpc) is 2.77. The fourth-order valence-electron chi connectivity index (χ4n) is 2.97. The molecule has 0 bridgehead atoms. The molecular weight excluding hydrogens is 272 g/mol. The van der Waals surface area contributed by atoms with Crippen LogP contribution in [0.15, 0.2) is 24.4 Å². The third kappa shape index (κ3) is 3.00. The van der Waals surface area contributed by atoms with E-state index in [1.807, 2.05) is 12.1 Å². The van der Waals surface area contributed by atoms with Crippen LogP contribution in [0.5, 0.6) is 0 Å². The largest absolute Gasteiger partial charge is 0.375 e. The van der Waals surface area contributed by atoms with Gasteiger partial charge in [0.15, 0.2) is 0 Å². The van der Waals surface area contributed by atoms with E-state index >= 15 is 0 Å². The summed E-state index contributed by atoms with van der Waals surface area (Å²) in [5.41, 5.74) is 2.38. The number of rotatable bonds is 3. The van der Waals surface area contributed by atoms with Gasteiger partial charge in [-0.2, -0.15) is 0 Å². The van der Waals surface area contributed by atoms with Crippen molar-refractivity contribution in [2.45, 2.75) is 44.9 Å². The second kappa shape index (κ2) is 5.40. The van der Waals surface area contributed by atoms with E-state index in [1.165, 1.54) is 10.9 Å². The number of hydrogen-bond acceptors (Lipinski definition) is 2. The molecule has 108 valence electrons. The molecule has 0 saturated carbocycles. The third-order valence-corrected chi connectivity index (χ3v) is 4.24. The minimum absolute atomic E-state index is 0.0103. The molecule has 1 aromatic carbocycles. The Morgan fingerprint density at radius 3 is 3.10 bits per heavy atom. The van der Waals surface area contributed by atoms with Gasteiger partial charge < -0.3 is 15.0 Å². The van der Waals surface area contributed by atoms with Crippen LogP contribution in [0.3, 0.4) is 0 Å². The highest BCUT2D eigenvalue weighted by Gasteiger charge is 2.28. The molecule has 1 fully saturated rings. The standard InChI is InChI=1S/C16H21ClN2O/c1-16(2)8-13(5-6-20-16)18-9-11-10-19-15-7-12(17)3-4-14(11)15/h3-4,7,10,13,18-19H,5-6,8-9H2,1-2H3. The summed E-state index contributed by atoms with van der Waals surface area (Å²) >= 11 is 6.01. The lowest BCUT2D eigenvalue weighted by atomic mass is 9.94. The summed E-state index contributed by atoms with van der Waals surface area (Å²) in [6, 6.07) is 6.52. The average molecular weight is 293 g/mol. The van der Waals surface area contributed by atoms with Gasteiger partial charge in [0, 0.05) is 41.3 Å². The Morgan fingerprint density at radius 2 is 2.30 bits per heavy atom. The van der Waals surface area contributed by atoms with E-state index in [2.05, 4.69) is 36.4 Å². The molecule has 2 aromatic rings. The third-order valence-electron chi connectivity index (χ3n) is 4.01. The van der Waals surface area contributed by atoms with Gasteiger partial charge in [0.1, 0.15) is 0 Å². The molecule has 2 heterocycles. The van der Waals surface area contributed by atoms with Crippen LogP contribution in [0.2, 0.25) is 5.02 Å². The molecule has 1 atom stereocenters. The molecule has 1 aliphatic heterocycles. The predicted octanol–water partition coefficient (Wildman–Crippen LogP) is 3.87. The van der Waals surface area contributed by atoms with Crippen molar-refractivity contribution in [2.24, 2.45) is 0 Å². The van der Waals surface area contributed by atoms with Crippen molar-refractivity contribution < 1.29 is 4.74 Å². The second-order valence-corrected chi connectivity index (χ2v) is 6.62. The molecule has 20 heavy (non-hydrogen) atoms. The van der Waals surface area contributed by atoms with Crippen molar-refractivity contribution in [3.8, 4) is 0 Å². The quantitative estimate of drug-likeness (QED) is 0.901. The highest BCUT2D eigenvalue weighted by atomic mass is 35.5. The Labute approximate surface area is 124 Å². The van der Waals surface area contributed by atoms with Crippen LogP contribution in [0.1, 0.15) is 32.3 Å². The van der Waals surface area contributed by atoms with Crippen molar-refractivity contribution in [3.63, 3.8) is 0 Å². The highest BCUT2D eigenvalue weighted by molar-refractivity contribution is 6.31. The first kappa shape index (κ1) is 13.9. The monoisotopic (exact) mass is 292 g/mol. The lowest BCUT2D eigenvalue weighted by Gasteiger charge is -2.36. The molecule has 0 aliphatic carbocycles. The molecule has 3 nitrogen and oxygen atoms in total. The molecule has 1 aromatic heterocycles. The second-order valence-electron chi connectivity index (χ2n) is 6.18. The number of nitrogens with one attached hydrogen (secondary N) is 2. The minimum Gasteiger partial charge on any atom is -0.375 e. The first-order valence-corrected chi connectivity index (χ1v) is 7.54. The van der Waals surface area contributed by atoms with Crippen LogP contribution in [0, 0.1) is 0 Å². The number of fused-ring (bicyclic) bond motifs is 1. The Kier molecular flexibility index (Phi) is 3.76. The smallest absolute Gasteiger partial charge is 0.0641 e. The summed E-state index contributed by atoms with van der Waals surface area (Å²) in [5.74, 6) is 0. The summed E-state index contributed by atoms with van der Waals surface area (Å²) in [4.78, 5) is 3.28. The Hall–Kier alpha value is -1.03. The van der Waals surface area contributed by atoms with Gasteiger partial charge in [-0.25, -0.2) is 0 Å². The fourth-order valence-corrected chi connectivity index (χ4v) is 3.14. The van der Waals surface area contributed by atoms with Crippen LogP contribution in [0.25, 0.3) is 10.9 Å². The number of aromatic amines is 1. The SMILES string of the molecule is CC1(C)CC(NCc2c[nH]c3cc(Cl)ccc23)CCO1. The van der Waals surface area contributed by atoms with Crippen LogP contribution in [-0.4, -0.2) is 23.2 Å². The zero-order valence-corrected chi connectivity index (χ0v) is 12.8. The van der Waals surface area contributed by atoms with Gasteiger partial charge in [0.25, 0.3) is 0 Å². The molecular formula is C16H21ClN2O. The zero-order valence-electron chi connectivity index (χ0n) is 12.0. The lowest BCUT2D eigenvalue weighted by molar-refractivity contribution is -0.0630. The minimum atomic E-state index is -0.0103. The summed E-state index contributed by atoms with van der Waals surface area (Å²) in [6.07, 6.45) is 4.21. The zero-order chi connectivity index (χ0) is 14.2. The molecule has 0 radical (unpaired) electrons. The van der Waals surface area contributed by atoms with E-state index in [4.69, 9.17) is 16.3 Å². The van der Waals surface area contributed by atoms with Gasteiger partial charge in [-0.1, -0.05) is 17.7 Å². The van der Waals surface area contributed by atoms with Gasteiger partial charge in [-0.15, -0.1) is 0 Å². The number of hydrogen-bond donors (Lipinski definition) is 2. The summed E-state index contributed by atoms with van der Waals surface area (Å²) < 4.78 is 5.76. The van der Waals surface area contributed by atoms with E-state index in [-0.39, 0.29) is 5.60 Å². The van der Waals surface area contributed by atoms with E-state index in [0.29, 0.717) is 6.04 Å². The van der Waals surface area contributed by atoms with Crippen molar-refractivity contribution in [3.05, 3.63) is 35.0 Å². The van der Waals surface area contributed by atoms with Crippen LogP contribution >= 0.6 is 11.6 Å². The number of H-pyrrole nitrogens is 1. The number of halogens is 1. The van der Waals surface area contributed by atoms with Crippen molar-refractivity contribution >= 4 is 22.5 Å². The van der Waals surface area contributed by atoms with Crippen LogP contribution < -0.4 is 5.32 Å². The van der Waals surface area contributed by atoms with Gasteiger partial charge in [-0.05, 0) is 44.4 Å². The Morgan fingerprint density at radius 1 is 1.45 bits per heavy atom. The van der Waals surface area contributed by atoms with Gasteiger partial charge >= 0.3 is 0 Å². The normalized spacial score (nSPS) is 22.2. The van der Waals surface area contributed by atoms with E-state index in [1.54, 1.807) is 0 Å². The summed E-state index contributed by atoms with van der Waals surface area (Å²) in [5, 5.41) is 5.67. The Bertz CT molecular complexity index is 606. The van der Waals surface area contributed by atoms with Crippen LogP contribution in [0.4, 0.5) is 0 Å². The molecule has 2 N–H and O–H groups in total. The van der Waals surface area contributed by atoms with E-state index in [9.17, 15) is 0 Å². The first-order valence-electron chi connectivity index (χ1n) is 7.16. The lowest BCUT2D eigenvalue weighted by Crippen LogP contribution is -2.43. The molecule has 1 unspecified atom stereocenters. The van der Waals surface area contributed by atoms with Crippen molar-refractivity contribution in [1.29, 1.82) is 0 Å². The summed E-state index contributed by atoms with van der Waals surface area (Å²) in [6.45, 7) is 6.04. The van der Waals surface area contributed by atoms with Gasteiger partial charge in [0.05, 0.1) is 5.60 Å². The number of aromatic nitrogens is 1. The van der Waals surface area contributed by atoms with E-state index < -0.39 is 0 Å². The molecule has 1 aliphatic rings. The number of benzene rings is 1. The predicted molar refractivity (Wildman–Crippen MR) is 83.2 cm³/mol.